The van der Waals surface area contributed by atoms with E-state index in [2.05, 4.69) is 27.9 Å². The van der Waals surface area contributed by atoms with Crippen LogP contribution in [0.2, 0.25) is 0 Å². The SMILES string of the molecule is O=c1cc(-c2ccc3c(c2)c(C2CCC(O)CC2)nn3C2CCCCO2)cc[nH]1. The van der Waals surface area contributed by atoms with Crippen LogP contribution in [0.4, 0.5) is 0 Å². The molecule has 0 radical (unpaired) electrons. The van der Waals surface area contributed by atoms with Gasteiger partial charge in [0, 0.05) is 30.2 Å². The van der Waals surface area contributed by atoms with Crippen LogP contribution in [0.25, 0.3) is 22.0 Å². The van der Waals surface area contributed by atoms with Crippen molar-refractivity contribution in [1.82, 2.24) is 14.8 Å². The third-order valence-electron chi connectivity index (χ3n) is 6.36. The Balaban J connectivity index is 1.62. The van der Waals surface area contributed by atoms with Gasteiger partial charge in [-0.25, -0.2) is 4.68 Å². The largest absolute Gasteiger partial charge is 0.393 e. The molecule has 3 aromatic rings. The lowest BCUT2D eigenvalue weighted by Crippen LogP contribution is -2.20. The number of ether oxygens (including phenoxy) is 1. The highest BCUT2D eigenvalue weighted by atomic mass is 16.5. The first-order valence-corrected chi connectivity index (χ1v) is 10.7. The number of aromatic nitrogens is 3. The summed E-state index contributed by atoms with van der Waals surface area (Å²) in [5.74, 6) is 0.347. The minimum Gasteiger partial charge on any atom is -0.393 e. The molecule has 3 heterocycles. The van der Waals surface area contributed by atoms with E-state index in [1.807, 2.05) is 6.07 Å². The summed E-state index contributed by atoms with van der Waals surface area (Å²) < 4.78 is 8.10. The summed E-state index contributed by atoms with van der Waals surface area (Å²) in [4.78, 5) is 14.5. The van der Waals surface area contributed by atoms with Crippen LogP contribution < -0.4 is 5.56 Å². The van der Waals surface area contributed by atoms with Crippen molar-refractivity contribution in [2.45, 2.75) is 63.2 Å². The lowest BCUT2D eigenvalue weighted by atomic mass is 9.84. The fourth-order valence-corrected chi connectivity index (χ4v) is 4.76. The smallest absolute Gasteiger partial charge is 0.248 e. The van der Waals surface area contributed by atoms with Crippen molar-refractivity contribution >= 4 is 10.9 Å². The number of pyridine rings is 1. The molecule has 2 aliphatic rings. The molecule has 0 spiro atoms. The first kappa shape index (κ1) is 18.6. The molecule has 6 nitrogen and oxygen atoms in total. The van der Waals surface area contributed by atoms with Crippen LogP contribution in [0.5, 0.6) is 0 Å². The average molecular weight is 393 g/mol. The van der Waals surface area contributed by atoms with E-state index < -0.39 is 0 Å². The number of rotatable bonds is 3. The van der Waals surface area contributed by atoms with Crippen molar-refractivity contribution in [3.05, 3.63) is 52.6 Å². The molecule has 6 heteroatoms. The Morgan fingerprint density at radius 1 is 1.03 bits per heavy atom. The van der Waals surface area contributed by atoms with Crippen molar-refractivity contribution in [3.63, 3.8) is 0 Å². The Hall–Kier alpha value is -2.44. The molecule has 152 valence electrons. The van der Waals surface area contributed by atoms with Crippen LogP contribution in [-0.2, 0) is 4.74 Å². The standard InChI is InChI=1S/C23H27N3O3/c27-18-7-4-15(5-8-18)23-19-13-16(17-10-11-24-21(28)14-17)6-9-20(19)26(25-23)22-3-1-2-12-29-22/h6,9-11,13-15,18,22,27H,1-5,7-8,12H2,(H,24,28). The molecular formula is C23H27N3O3. The Morgan fingerprint density at radius 3 is 2.62 bits per heavy atom. The lowest BCUT2D eigenvalue weighted by Gasteiger charge is -2.25. The molecule has 1 unspecified atom stereocenters. The maximum atomic E-state index is 11.8. The molecule has 2 N–H and O–H groups in total. The number of aromatic amines is 1. The lowest BCUT2D eigenvalue weighted by molar-refractivity contribution is -0.0370. The van der Waals surface area contributed by atoms with E-state index in [0.29, 0.717) is 5.92 Å². The van der Waals surface area contributed by atoms with Crippen LogP contribution in [0.3, 0.4) is 0 Å². The molecule has 1 atom stereocenters. The number of aliphatic hydroxyl groups is 1. The van der Waals surface area contributed by atoms with Gasteiger partial charge in [-0.15, -0.1) is 0 Å². The number of H-pyrrole nitrogens is 1. The number of nitrogens with one attached hydrogen (secondary N) is 1. The van der Waals surface area contributed by atoms with Crippen molar-refractivity contribution in [3.8, 4) is 11.1 Å². The summed E-state index contributed by atoms with van der Waals surface area (Å²) in [5, 5.41) is 16.1. The van der Waals surface area contributed by atoms with Gasteiger partial charge in [0.05, 0.1) is 17.3 Å². The minimum atomic E-state index is -0.187. The third-order valence-corrected chi connectivity index (χ3v) is 6.36. The summed E-state index contributed by atoms with van der Waals surface area (Å²) in [6.45, 7) is 0.780. The van der Waals surface area contributed by atoms with Gasteiger partial charge in [-0.2, -0.15) is 5.10 Å². The average Bonchev–Trinajstić information content (AvgIpc) is 3.14. The van der Waals surface area contributed by atoms with Crippen LogP contribution in [0, 0.1) is 0 Å². The number of nitrogens with zero attached hydrogens (tertiary/aromatic N) is 2. The van der Waals surface area contributed by atoms with E-state index in [1.165, 1.54) is 0 Å². The van der Waals surface area contributed by atoms with Crippen molar-refractivity contribution < 1.29 is 9.84 Å². The Morgan fingerprint density at radius 2 is 1.86 bits per heavy atom. The second-order valence-corrected chi connectivity index (χ2v) is 8.33. The van der Waals surface area contributed by atoms with Gasteiger partial charge in [0.15, 0.2) is 6.23 Å². The zero-order valence-corrected chi connectivity index (χ0v) is 16.5. The maximum Gasteiger partial charge on any atom is 0.248 e. The molecule has 1 aliphatic heterocycles. The first-order chi connectivity index (χ1) is 14.2. The second-order valence-electron chi connectivity index (χ2n) is 8.33. The fraction of sp³-hybridized carbons (Fsp3) is 0.478. The molecule has 2 fully saturated rings. The van der Waals surface area contributed by atoms with Gasteiger partial charge < -0.3 is 14.8 Å². The Kier molecular flexibility index (Phi) is 4.97. The summed E-state index contributed by atoms with van der Waals surface area (Å²) in [6, 6.07) is 9.89. The molecule has 2 aromatic heterocycles. The van der Waals surface area contributed by atoms with Crippen LogP contribution in [0.15, 0.2) is 41.3 Å². The van der Waals surface area contributed by atoms with Crippen molar-refractivity contribution in [2.75, 3.05) is 6.61 Å². The molecule has 0 bridgehead atoms. The van der Waals surface area contributed by atoms with E-state index in [4.69, 9.17) is 9.84 Å². The highest BCUT2D eigenvalue weighted by Gasteiger charge is 2.28. The van der Waals surface area contributed by atoms with Gasteiger partial charge in [-0.05, 0) is 74.3 Å². The molecule has 1 saturated carbocycles. The molecule has 1 aliphatic carbocycles. The number of hydrogen-bond acceptors (Lipinski definition) is 4. The monoisotopic (exact) mass is 393 g/mol. The van der Waals surface area contributed by atoms with Crippen LogP contribution in [0.1, 0.15) is 62.8 Å². The van der Waals surface area contributed by atoms with Crippen LogP contribution in [-0.4, -0.2) is 32.6 Å². The van der Waals surface area contributed by atoms with E-state index in [0.717, 1.165) is 79.3 Å². The quantitative estimate of drug-likeness (QED) is 0.702. The number of aliphatic hydroxyl groups excluding tert-OH is 1. The van der Waals surface area contributed by atoms with E-state index in [9.17, 15) is 9.90 Å². The van der Waals surface area contributed by atoms with E-state index in [1.54, 1.807) is 12.3 Å². The number of benzene rings is 1. The Bertz CT molecular complexity index is 1060. The van der Waals surface area contributed by atoms with Gasteiger partial charge in [0.1, 0.15) is 0 Å². The molecule has 1 saturated heterocycles. The maximum absolute atomic E-state index is 11.8. The normalized spacial score (nSPS) is 25.3. The van der Waals surface area contributed by atoms with Gasteiger partial charge in [-0.3, -0.25) is 4.79 Å². The fourth-order valence-electron chi connectivity index (χ4n) is 4.76. The minimum absolute atomic E-state index is 0.0143. The van der Waals surface area contributed by atoms with Gasteiger partial charge in [0.2, 0.25) is 5.56 Å². The summed E-state index contributed by atoms with van der Waals surface area (Å²) in [7, 11) is 0. The number of hydrogen-bond donors (Lipinski definition) is 2. The molecule has 1 aromatic carbocycles. The van der Waals surface area contributed by atoms with E-state index >= 15 is 0 Å². The molecule has 0 amide bonds. The van der Waals surface area contributed by atoms with Crippen molar-refractivity contribution in [2.24, 2.45) is 0 Å². The zero-order valence-electron chi connectivity index (χ0n) is 16.5. The highest BCUT2D eigenvalue weighted by molar-refractivity contribution is 5.87. The predicted molar refractivity (Wildman–Crippen MR) is 112 cm³/mol. The third kappa shape index (κ3) is 3.63. The summed E-state index contributed by atoms with van der Waals surface area (Å²) in [6.07, 6.45) is 8.28. The predicted octanol–water partition coefficient (Wildman–Crippen LogP) is 4.11. The highest BCUT2D eigenvalue weighted by Crippen LogP contribution is 2.39. The van der Waals surface area contributed by atoms with Crippen molar-refractivity contribution in [1.29, 1.82) is 0 Å². The van der Waals surface area contributed by atoms with E-state index in [-0.39, 0.29) is 17.9 Å². The topological polar surface area (TPSA) is 80.1 Å². The number of fused-ring (bicyclic) bond motifs is 1. The second kappa shape index (κ2) is 7.76. The summed E-state index contributed by atoms with van der Waals surface area (Å²) in [5.41, 5.74) is 4.02. The van der Waals surface area contributed by atoms with Gasteiger partial charge in [0.25, 0.3) is 0 Å². The molecular weight excluding hydrogens is 366 g/mol. The molecule has 29 heavy (non-hydrogen) atoms. The molecule has 5 rings (SSSR count). The van der Waals surface area contributed by atoms with Gasteiger partial charge >= 0.3 is 0 Å². The van der Waals surface area contributed by atoms with Crippen LogP contribution >= 0.6 is 0 Å². The Labute approximate surface area is 169 Å². The zero-order chi connectivity index (χ0) is 19.8. The first-order valence-electron chi connectivity index (χ1n) is 10.7. The van der Waals surface area contributed by atoms with Gasteiger partial charge in [-0.1, -0.05) is 6.07 Å². The summed E-state index contributed by atoms with van der Waals surface area (Å²) >= 11 is 0.